The number of alkyl halides is 1. The number of amides is 1. The van der Waals surface area contributed by atoms with E-state index in [0.717, 1.165) is 38.8 Å². The van der Waals surface area contributed by atoms with Gasteiger partial charge < -0.3 is 9.73 Å². The highest BCUT2D eigenvalue weighted by Gasteiger charge is 2.20. The Kier molecular flexibility index (Phi) is 6.88. The second kappa shape index (κ2) is 10.4. The summed E-state index contributed by atoms with van der Waals surface area (Å²) < 4.78 is 5.99. The minimum absolute atomic E-state index is 0.0427. The van der Waals surface area contributed by atoms with Crippen molar-refractivity contribution in [1.29, 1.82) is 0 Å². The number of aryl methyl sites for hydroxylation is 2. The smallest absolute Gasteiger partial charge is 0.225 e. The van der Waals surface area contributed by atoms with Crippen molar-refractivity contribution in [3.05, 3.63) is 136 Å². The van der Waals surface area contributed by atoms with Crippen LogP contribution in [0.1, 0.15) is 50.6 Å². The molecule has 0 aliphatic carbocycles. The first-order valence-electron chi connectivity index (χ1n) is 12.0. The van der Waals surface area contributed by atoms with Crippen LogP contribution in [0.5, 0.6) is 0 Å². The summed E-state index contributed by atoms with van der Waals surface area (Å²) in [5.74, 6) is 0.623. The molecule has 2 heterocycles. The largest absolute Gasteiger partial charge is 0.459 e. The van der Waals surface area contributed by atoms with E-state index < -0.39 is 5.38 Å². The van der Waals surface area contributed by atoms with Gasteiger partial charge in [0.05, 0.1) is 12.5 Å². The Morgan fingerprint density at radius 2 is 1.69 bits per heavy atom. The molecule has 0 radical (unpaired) electrons. The molecule has 1 N–H and O–H groups in total. The second-order valence-corrected chi connectivity index (χ2v) is 9.55. The fourth-order valence-electron chi connectivity index (χ4n) is 4.58. The monoisotopic (exact) mass is 494 g/mol. The van der Waals surface area contributed by atoms with Crippen molar-refractivity contribution in [2.45, 2.75) is 31.7 Å². The number of carbonyl (C=O) groups excluding carboxylic acids is 1. The summed E-state index contributed by atoms with van der Waals surface area (Å²) in [6.45, 7) is 4.17. The Balaban J connectivity index is 1.36. The number of rotatable bonds is 7. The highest BCUT2D eigenvalue weighted by Crippen LogP contribution is 2.33. The molecule has 2 atom stereocenters. The van der Waals surface area contributed by atoms with Crippen molar-refractivity contribution in [3.63, 3.8) is 0 Å². The first-order chi connectivity index (χ1) is 17.5. The molecule has 1 amide bonds. The van der Waals surface area contributed by atoms with Crippen molar-refractivity contribution in [2.24, 2.45) is 0 Å². The lowest BCUT2D eigenvalue weighted by Crippen LogP contribution is -2.31. The normalized spacial score (nSPS) is 12.9. The van der Waals surface area contributed by atoms with Gasteiger partial charge in [0.15, 0.2) is 0 Å². The van der Waals surface area contributed by atoms with Gasteiger partial charge in [-0.3, -0.25) is 9.78 Å². The highest BCUT2D eigenvalue weighted by molar-refractivity contribution is 6.22. The van der Waals surface area contributed by atoms with Crippen molar-refractivity contribution in [2.75, 3.05) is 0 Å². The Bertz CT molecular complexity index is 1500. The third kappa shape index (κ3) is 5.19. The number of pyridine rings is 1. The van der Waals surface area contributed by atoms with E-state index in [4.69, 9.17) is 16.0 Å². The summed E-state index contributed by atoms with van der Waals surface area (Å²) in [5, 5.41) is 3.78. The molecule has 0 saturated carbocycles. The maximum absolute atomic E-state index is 13.2. The number of furan rings is 1. The maximum atomic E-state index is 13.2. The number of nitrogens with one attached hydrogen (secondary N) is 1. The fraction of sp³-hybridized carbons (Fsp3) is 0.161. The minimum Gasteiger partial charge on any atom is -0.459 e. The zero-order valence-corrected chi connectivity index (χ0v) is 21.0. The first kappa shape index (κ1) is 23.8. The van der Waals surface area contributed by atoms with E-state index in [2.05, 4.69) is 54.5 Å². The number of fused-ring (bicyclic) bond motifs is 1. The number of nitrogens with zero attached hydrogens (tertiary/aromatic N) is 1. The average molecular weight is 495 g/mol. The van der Waals surface area contributed by atoms with E-state index in [1.54, 1.807) is 12.4 Å². The van der Waals surface area contributed by atoms with Gasteiger partial charge in [0, 0.05) is 17.8 Å². The van der Waals surface area contributed by atoms with Crippen LogP contribution in [0.2, 0.25) is 0 Å². The lowest BCUT2D eigenvalue weighted by Gasteiger charge is -2.22. The number of halogens is 1. The van der Waals surface area contributed by atoms with Crippen LogP contribution in [0.4, 0.5) is 0 Å². The van der Waals surface area contributed by atoms with E-state index in [0.29, 0.717) is 5.76 Å². The molecule has 2 aromatic heterocycles. The maximum Gasteiger partial charge on any atom is 0.225 e. The third-order valence-electron chi connectivity index (χ3n) is 6.39. The number of carbonyl (C=O) groups is 1. The molecule has 5 heteroatoms. The zero-order valence-electron chi connectivity index (χ0n) is 20.2. The van der Waals surface area contributed by atoms with E-state index in [-0.39, 0.29) is 18.4 Å². The van der Waals surface area contributed by atoms with Gasteiger partial charge in [0.2, 0.25) is 5.91 Å². The van der Waals surface area contributed by atoms with Gasteiger partial charge in [-0.05, 0) is 72.0 Å². The minimum atomic E-state index is -0.406. The number of hydrogen-bond acceptors (Lipinski definition) is 3. The van der Waals surface area contributed by atoms with Crippen LogP contribution >= 0.6 is 11.6 Å². The summed E-state index contributed by atoms with van der Waals surface area (Å²) in [6.07, 6.45) is 3.69. The van der Waals surface area contributed by atoms with Crippen LogP contribution in [-0.2, 0) is 11.2 Å². The standard InChI is InChI=1S/C31H27ClN2O2/c1-20-8-10-26(21(2)16-20)31(24-6-4-3-5-7-24)34-29(35)18-22-9-11-27-25(17-22)19-28(36-27)30(32)23-12-14-33-15-13-23/h3-17,19,30-31H,18H2,1-2H3,(H,34,35). The number of hydrogen-bond donors (Lipinski definition) is 1. The van der Waals surface area contributed by atoms with E-state index in [9.17, 15) is 4.79 Å². The van der Waals surface area contributed by atoms with Gasteiger partial charge in [0.25, 0.3) is 0 Å². The lowest BCUT2D eigenvalue weighted by atomic mass is 9.93. The molecule has 5 aromatic rings. The summed E-state index contributed by atoms with van der Waals surface area (Å²) >= 11 is 6.64. The summed E-state index contributed by atoms with van der Waals surface area (Å²) in [5.41, 5.74) is 7.08. The Hall–Kier alpha value is -3.89. The van der Waals surface area contributed by atoms with Crippen molar-refractivity contribution in [3.8, 4) is 0 Å². The molecule has 2 unspecified atom stereocenters. The molecule has 4 nitrogen and oxygen atoms in total. The lowest BCUT2D eigenvalue weighted by molar-refractivity contribution is -0.120. The molecular weight excluding hydrogens is 468 g/mol. The van der Waals surface area contributed by atoms with Crippen LogP contribution in [0, 0.1) is 13.8 Å². The van der Waals surface area contributed by atoms with Gasteiger partial charge in [-0.1, -0.05) is 60.2 Å². The molecule has 0 spiro atoms. The number of benzene rings is 3. The van der Waals surface area contributed by atoms with E-state index in [1.165, 1.54) is 5.56 Å². The molecule has 180 valence electrons. The Labute approximate surface area is 216 Å². The molecule has 36 heavy (non-hydrogen) atoms. The van der Waals surface area contributed by atoms with Crippen molar-refractivity contribution < 1.29 is 9.21 Å². The van der Waals surface area contributed by atoms with E-state index in [1.807, 2.05) is 54.6 Å². The Morgan fingerprint density at radius 3 is 2.44 bits per heavy atom. The second-order valence-electron chi connectivity index (χ2n) is 9.11. The predicted octanol–water partition coefficient (Wildman–Crippen LogP) is 7.22. The van der Waals surface area contributed by atoms with Gasteiger partial charge >= 0.3 is 0 Å². The molecule has 0 fully saturated rings. The van der Waals surface area contributed by atoms with E-state index >= 15 is 0 Å². The first-order valence-corrected chi connectivity index (χ1v) is 12.4. The van der Waals surface area contributed by atoms with Crippen molar-refractivity contribution >= 4 is 28.5 Å². The molecule has 3 aromatic carbocycles. The predicted molar refractivity (Wildman–Crippen MR) is 144 cm³/mol. The van der Waals surface area contributed by atoms with Crippen LogP contribution in [0.25, 0.3) is 11.0 Å². The van der Waals surface area contributed by atoms with Gasteiger partial charge in [-0.2, -0.15) is 0 Å². The summed E-state index contributed by atoms with van der Waals surface area (Å²) in [7, 11) is 0. The average Bonchev–Trinajstić information content (AvgIpc) is 3.32. The molecule has 0 aliphatic rings. The SMILES string of the molecule is Cc1ccc(C(NC(=O)Cc2ccc3oc(C(Cl)c4ccncc4)cc3c2)c2ccccc2)c(C)c1. The fourth-order valence-corrected chi connectivity index (χ4v) is 4.83. The summed E-state index contributed by atoms with van der Waals surface area (Å²) in [4.78, 5) is 17.3. The zero-order chi connectivity index (χ0) is 25.1. The Morgan fingerprint density at radius 1 is 0.917 bits per heavy atom. The molecular formula is C31H27ClN2O2. The number of aromatic nitrogens is 1. The van der Waals surface area contributed by atoms with Crippen LogP contribution in [0.3, 0.4) is 0 Å². The topological polar surface area (TPSA) is 55.1 Å². The summed E-state index contributed by atoms with van der Waals surface area (Å²) in [6, 6.07) is 27.7. The quantitative estimate of drug-likeness (QED) is 0.243. The highest BCUT2D eigenvalue weighted by atomic mass is 35.5. The molecule has 0 bridgehead atoms. The van der Waals surface area contributed by atoms with Gasteiger partial charge in [-0.25, -0.2) is 0 Å². The van der Waals surface area contributed by atoms with Gasteiger partial charge in [0.1, 0.15) is 16.7 Å². The van der Waals surface area contributed by atoms with Crippen LogP contribution < -0.4 is 5.32 Å². The van der Waals surface area contributed by atoms with Crippen LogP contribution in [-0.4, -0.2) is 10.9 Å². The van der Waals surface area contributed by atoms with Gasteiger partial charge in [-0.15, -0.1) is 11.6 Å². The molecule has 0 aliphatic heterocycles. The third-order valence-corrected chi connectivity index (χ3v) is 6.85. The van der Waals surface area contributed by atoms with Crippen LogP contribution in [0.15, 0.2) is 102 Å². The van der Waals surface area contributed by atoms with Crippen molar-refractivity contribution in [1.82, 2.24) is 10.3 Å². The molecule has 0 saturated heterocycles. The molecule has 5 rings (SSSR count).